The molecule has 1 atom stereocenters. The van der Waals surface area contributed by atoms with Crippen molar-refractivity contribution in [2.75, 3.05) is 4.72 Å². The van der Waals surface area contributed by atoms with Crippen LogP contribution in [0.2, 0.25) is 0 Å². The van der Waals surface area contributed by atoms with Crippen LogP contribution < -0.4 is 9.46 Å². The number of hydrogen-bond donors (Lipinski definition) is 1. The molecule has 1 amide bonds. The molecule has 0 saturated heterocycles. The lowest BCUT2D eigenvalue weighted by Crippen LogP contribution is -2.37. The third-order valence-electron chi connectivity index (χ3n) is 5.56. The molecule has 1 heterocycles. The molecule has 1 aliphatic rings. The standard InChI is InChI=1S/C25H20F3N3O4S/c1-16-24(32)31(14-17-5-4-7-20(11-17)25(26,27)28)15-19-12-21(9-10-22(19)35-16)30-36(33,34)23-8-3-2-6-18(23)13-29/h2-12,16,30H,14-15H2,1H3/t16-/m0/s1. The van der Waals surface area contributed by atoms with Crippen molar-refractivity contribution in [1.29, 1.82) is 5.26 Å². The molecule has 1 N–H and O–H groups in total. The predicted octanol–water partition coefficient (Wildman–Crippen LogP) is 4.69. The van der Waals surface area contributed by atoms with Gasteiger partial charge < -0.3 is 9.64 Å². The summed E-state index contributed by atoms with van der Waals surface area (Å²) in [4.78, 5) is 14.1. The van der Waals surface area contributed by atoms with E-state index in [1.165, 1.54) is 60.4 Å². The second-order valence-electron chi connectivity index (χ2n) is 8.19. The fourth-order valence-electron chi connectivity index (χ4n) is 3.87. The van der Waals surface area contributed by atoms with Gasteiger partial charge in [0.15, 0.2) is 6.10 Å². The van der Waals surface area contributed by atoms with Crippen LogP contribution in [0.3, 0.4) is 0 Å². The van der Waals surface area contributed by atoms with Gasteiger partial charge in [-0.25, -0.2) is 8.42 Å². The molecule has 0 spiro atoms. The minimum atomic E-state index is -4.52. The largest absolute Gasteiger partial charge is 0.481 e. The number of nitrogens with zero attached hydrogens (tertiary/aromatic N) is 2. The molecule has 0 fully saturated rings. The molecule has 7 nitrogen and oxygen atoms in total. The second kappa shape index (κ2) is 9.54. The second-order valence-corrected chi connectivity index (χ2v) is 9.84. The van der Waals surface area contributed by atoms with Gasteiger partial charge in [-0.05, 0) is 55.0 Å². The van der Waals surface area contributed by atoms with Gasteiger partial charge in [-0.3, -0.25) is 9.52 Å². The Labute approximate surface area is 205 Å². The van der Waals surface area contributed by atoms with E-state index in [2.05, 4.69) is 4.72 Å². The summed E-state index contributed by atoms with van der Waals surface area (Å²) >= 11 is 0. The Morgan fingerprint density at radius 1 is 1.11 bits per heavy atom. The highest BCUT2D eigenvalue weighted by Crippen LogP contribution is 2.32. The van der Waals surface area contributed by atoms with Gasteiger partial charge in [0.25, 0.3) is 15.9 Å². The molecular weight excluding hydrogens is 495 g/mol. The Balaban J connectivity index is 1.62. The van der Waals surface area contributed by atoms with E-state index in [0.29, 0.717) is 16.9 Å². The van der Waals surface area contributed by atoms with Gasteiger partial charge in [-0.2, -0.15) is 18.4 Å². The van der Waals surface area contributed by atoms with Crippen LogP contribution in [0.15, 0.2) is 71.6 Å². The highest BCUT2D eigenvalue weighted by molar-refractivity contribution is 7.92. The predicted molar refractivity (Wildman–Crippen MR) is 124 cm³/mol. The van der Waals surface area contributed by atoms with E-state index in [4.69, 9.17) is 4.74 Å². The van der Waals surface area contributed by atoms with Crippen molar-refractivity contribution in [1.82, 2.24) is 4.90 Å². The van der Waals surface area contributed by atoms with Crippen molar-refractivity contribution in [3.05, 3.63) is 89.0 Å². The molecular formula is C25H20F3N3O4S. The molecule has 3 aromatic rings. The molecule has 0 bridgehead atoms. The van der Waals surface area contributed by atoms with Gasteiger partial charge in [0.05, 0.1) is 11.1 Å². The zero-order chi connectivity index (χ0) is 26.1. The summed E-state index contributed by atoms with van der Waals surface area (Å²) in [5.41, 5.74) is 0.0921. The van der Waals surface area contributed by atoms with Gasteiger partial charge >= 0.3 is 6.18 Å². The Hall–Kier alpha value is -4.04. The summed E-state index contributed by atoms with van der Waals surface area (Å²) < 4.78 is 73.3. The lowest BCUT2D eigenvalue weighted by Gasteiger charge is -2.23. The maximum Gasteiger partial charge on any atom is 0.416 e. The molecule has 11 heteroatoms. The summed E-state index contributed by atoms with van der Waals surface area (Å²) in [7, 11) is -4.09. The maximum absolute atomic E-state index is 13.1. The number of carbonyl (C=O) groups excluding carboxylic acids is 1. The van der Waals surface area contributed by atoms with E-state index in [1.54, 1.807) is 6.07 Å². The molecule has 0 saturated carbocycles. The summed E-state index contributed by atoms with van der Waals surface area (Å²) in [6, 6.07) is 16.8. The number of ether oxygens (including phenoxy) is 1. The molecule has 0 unspecified atom stereocenters. The third kappa shape index (κ3) is 5.28. The van der Waals surface area contributed by atoms with Gasteiger partial charge in [0.1, 0.15) is 16.7 Å². The topological polar surface area (TPSA) is 99.5 Å². The lowest BCUT2D eigenvalue weighted by atomic mass is 10.1. The first-order chi connectivity index (χ1) is 17.0. The van der Waals surface area contributed by atoms with Gasteiger partial charge in [-0.15, -0.1) is 0 Å². The molecule has 186 valence electrons. The quantitative estimate of drug-likeness (QED) is 0.532. The number of amides is 1. The summed E-state index contributed by atoms with van der Waals surface area (Å²) in [6.45, 7) is 1.42. The van der Waals surface area contributed by atoms with E-state index >= 15 is 0 Å². The monoisotopic (exact) mass is 515 g/mol. The molecule has 4 rings (SSSR count). The Kier molecular flexibility index (Phi) is 6.65. The SMILES string of the molecule is C[C@@H]1Oc2ccc(NS(=O)(=O)c3ccccc3C#N)cc2CN(Cc2cccc(C(F)(F)F)c2)C1=O. The fourth-order valence-corrected chi connectivity index (χ4v) is 5.07. The van der Waals surface area contributed by atoms with E-state index in [1.807, 2.05) is 6.07 Å². The van der Waals surface area contributed by atoms with Crippen molar-refractivity contribution in [2.45, 2.75) is 37.2 Å². The smallest absolute Gasteiger partial charge is 0.416 e. The minimum absolute atomic E-state index is 0.0148. The highest BCUT2D eigenvalue weighted by atomic mass is 32.2. The van der Waals surface area contributed by atoms with Crippen molar-refractivity contribution in [2.24, 2.45) is 0 Å². The number of nitriles is 1. The van der Waals surface area contributed by atoms with Crippen molar-refractivity contribution < 1.29 is 31.1 Å². The molecule has 36 heavy (non-hydrogen) atoms. The summed E-state index contributed by atoms with van der Waals surface area (Å²) in [6.07, 6.45) is -5.42. The van der Waals surface area contributed by atoms with E-state index in [-0.39, 0.29) is 29.2 Å². The maximum atomic E-state index is 13.1. The number of carbonyl (C=O) groups is 1. The lowest BCUT2D eigenvalue weighted by molar-refractivity contribution is -0.138. The molecule has 0 aromatic heterocycles. The molecule has 0 aliphatic carbocycles. The van der Waals surface area contributed by atoms with Crippen LogP contribution in [-0.2, 0) is 34.1 Å². The van der Waals surface area contributed by atoms with Crippen LogP contribution in [0, 0.1) is 11.3 Å². The van der Waals surface area contributed by atoms with E-state index < -0.39 is 33.8 Å². The Bertz CT molecular complexity index is 1470. The van der Waals surface area contributed by atoms with Crippen LogP contribution in [0.25, 0.3) is 0 Å². The first-order valence-corrected chi connectivity index (χ1v) is 12.2. The average Bonchev–Trinajstić information content (AvgIpc) is 2.94. The zero-order valence-electron chi connectivity index (χ0n) is 18.9. The molecule has 0 radical (unpaired) electrons. The first kappa shape index (κ1) is 25.1. The van der Waals surface area contributed by atoms with Gasteiger partial charge in [0, 0.05) is 24.3 Å². The van der Waals surface area contributed by atoms with Crippen molar-refractivity contribution in [3.8, 4) is 11.8 Å². The van der Waals surface area contributed by atoms with Crippen LogP contribution in [-0.4, -0.2) is 25.3 Å². The number of sulfonamides is 1. The van der Waals surface area contributed by atoms with Crippen molar-refractivity contribution in [3.63, 3.8) is 0 Å². The fraction of sp³-hybridized carbons (Fsp3) is 0.200. The van der Waals surface area contributed by atoms with Gasteiger partial charge in [0.2, 0.25) is 0 Å². The molecule has 1 aliphatic heterocycles. The Morgan fingerprint density at radius 2 is 1.86 bits per heavy atom. The minimum Gasteiger partial charge on any atom is -0.481 e. The number of nitrogens with one attached hydrogen (secondary N) is 1. The van der Waals surface area contributed by atoms with Gasteiger partial charge in [-0.1, -0.05) is 24.3 Å². The van der Waals surface area contributed by atoms with Crippen molar-refractivity contribution >= 4 is 21.6 Å². The Morgan fingerprint density at radius 3 is 2.58 bits per heavy atom. The number of halogens is 3. The van der Waals surface area contributed by atoms with Crippen LogP contribution >= 0.6 is 0 Å². The normalized spacial score (nSPS) is 15.9. The summed E-state index contributed by atoms with van der Waals surface area (Å²) in [5.74, 6) is -0.0727. The number of anilines is 1. The van der Waals surface area contributed by atoms with Crippen LogP contribution in [0.5, 0.6) is 5.75 Å². The van der Waals surface area contributed by atoms with Crippen LogP contribution in [0.1, 0.15) is 29.2 Å². The number of benzene rings is 3. The van der Waals surface area contributed by atoms with Crippen LogP contribution in [0.4, 0.5) is 18.9 Å². The average molecular weight is 516 g/mol. The number of fused-ring (bicyclic) bond motifs is 1. The third-order valence-corrected chi connectivity index (χ3v) is 7.00. The zero-order valence-corrected chi connectivity index (χ0v) is 19.7. The summed E-state index contributed by atoms with van der Waals surface area (Å²) in [5, 5.41) is 9.24. The van der Waals surface area contributed by atoms with E-state index in [0.717, 1.165) is 12.1 Å². The number of hydrogen-bond acceptors (Lipinski definition) is 5. The first-order valence-electron chi connectivity index (χ1n) is 10.7. The number of alkyl halides is 3. The highest BCUT2D eigenvalue weighted by Gasteiger charge is 2.32. The van der Waals surface area contributed by atoms with E-state index in [9.17, 15) is 31.6 Å². The molecule has 3 aromatic carbocycles. The number of rotatable bonds is 5.